The highest BCUT2D eigenvalue weighted by Gasteiger charge is 2.15. The number of halogens is 1. The zero-order valence-corrected chi connectivity index (χ0v) is 16.8. The third-order valence-corrected chi connectivity index (χ3v) is 4.41. The third kappa shape index (κ3) is 4.93. The summed E-state index contributed by atoms with van der Waals surface area (Å²) in [5.41, 5.74) is 3.14. The summed E-state index contributed by atoms with van der Waals surface area (Å²) in [5.74, 6) is 0.269. The van der Waals surface area contributed by atoms with E-state index in [4.69, 9.17) is 21.1 Å². The number of carbonyl (C=O) groups excluding carboxylic acids is 1. The van der Waals surface area contributed by atoms with Crippen LogP contribution >= 0.6 is 11.6 Å². The Morgan fingerprint density at radius 2 is 2.11 bits per heavy atom. The van der Waals surface area contributed by atoms with Gasteiger partial charge in [0.15, 0.2) is 11.5 Å². The molecular weight excluding hydrogens is 376 g/mol. The van der Waals surface area contributed by atoms with Crippen molar-refractivity contribution >= 4 is 29.3 Å². The summed E-state index contributed by atoms with van der Waals surface area (Å²) >= 11 is 6.27. The van der Waals surface area contributed by atoms with Crippen molar-refractivity contribution < 1.29 is 14.3 Å². The molecular formula is C22H21ClN2O3. The molecule has 2 rings (SSSR count). The summed E-state index contributed by atoms with van der Waals surface area (Å²) in [4.78, 5) is 12.6. The Morgan fingerprint density at radius 3 is 2.75 bits per heavy atom. The number of benzene rings is 2. The molecule has 0 atom stereocenters. The van der Waals surface area contributed by atoms with Crippen LogP contribution < -0.4 is 14.8 Å². The molecule has 0 unspecified atom stereocenters. The second kappa shape index (κ2) is 9.63. The van der Waals surface area contributed by atoms with Crippen LogP contribution in [0.2, 0.25) is 5.02 Å². The summed E-state index contributed by atoms with van der Waals surface area (Å²) in [6, 6.07) is 10.8. The molecule has 6 heteroatoms. The summed E-state index contributed by atoms with van der Waals surface area (Å²) in [5, 5.41) is 12.5. The van der Waals surface area contributed by atoms with Gasteiger partial charge in [-0.15, -0.1) is 0 Å². The number of amides is 1. The maximum absolute atomic E-state index is 12.6. The van der Waals surface area contributed by atoms with Crippen LogP contribution in [0.5, 0.6) is 11.5 Å². The first-order valence-electron chi connectivity index (χ1n) is 8.51. The van der Waals surface area contributed by atoms with Crippen molar-refractivity contribution in [1.29, 1.82) is 5.26 Å². The molecule has 144 valence electrons. The molecule has 0 radical (unpaired) electrons. The van der Waals surface area contributed by atoms with Crippen molar-refractivity contribution in [3.05, 3.63) is 70.3 Å². The molecule has 0 aliphatic rings. The van der Waals surface area contributed by atoms with E-state index in [-0.39, 0.29) is 12.2 Å². The van der Waals surface area contributed by atoms with Gasteiger partial charge in [-0.25, -0.2) is 0 Å². The fourth-order valence-electron chi connectivity index (χ4n) is 2.50. The van der Waals surface area contributed by atoms with Gasteiger partial charge >= 0.3 is 0 Å². The predicted molar refractivity (Wildman–Crippen MR) is 112 cm³/mol. The van der Waals surface area contributed by atoms with Gasteiger partial charge in [0.1, 0.15) is 18.2 Å². The lowest BCUT2D eigenvalue weighted by Gasteiger charge is -2.12. The summed E-state index contributed by atoms with van der Waals surface area (Å²) < 4.78 is 10.8. The van der Waals surface area contributed by atoms with Crippen molar-refractivity contribution in [1.82, 2.24) is 0 Å². The molecule has 28 heavy (non-hydrogen) atoms. The van der Waals surface area contributed by atoms with Crippen LogP contribution in [0.1, 0.15) is 16.7 Å². The van der Waals surface area contributed by atoms with E-state index < -0.39 is 5.91 Å². The molecule has 5 nitrogen and oxygen atoms in total. The van der Waals surface area contributed by atoms with Gasteiger partial charge in [-0.05, 0) is 54.8 Å². The first kappa shape index (κ1) is 21.1. The summed E-state index contributed by atoms with van der Waals surface area (Å²) in [7, 11) is 1.48. The number of hydrogen-bond acceptors (Lipinski definition) is 4. The zero-order valence-electron chi connectivity index (χ0n) is 16.0. The molecule has 0 saturated heterocycles. The second-order valence-electron chi connectivity index (χ2n) is 6.01. The van der Waals surface area contributed by atoms with Gasteiger partial charge in [-0.1, -0.05) is 36.4 Å². The molecule has 2 aromatic carbocycles. The van der Waals surface area contributed by atoms with Gasteiger partial charge in [0, 0.05) is 5.69 Å². The lowest BCUT2D eigenvalue weighted by molar-refractivity contribution is -0.112. The van der Waals surface area contributed by atoms with Crippen LogP contribution in [0, 0.1) is 25.2 Å². The molecule has 1 N–H and O–H groups in total. The Balaban J connectivity index is 2.34. The number of hydrogen-bond donors (Lipinski definition) is 1. The van der Waals surface area contributed by atoms with E-state index in [0.29, 0.717) is 27.8 Å². The fourth-order valence-corrected chi connectivity index (χ4v) is 2.77. The van der Waals surface area contributed by atoms with Crippen LogP contribution in [-0.2, 0) is 4.79 Å². The minimum atomic E-state index is -0.502. The molecule has 2 aromatic rings. The molecule has 1 amide bonds. The van der Waals surface area contributed by atoms with Gasteiger partial charge < -0.3 is 14.8 Å². The third-order valence-electron chi connectivity index (χ3n) is 4.13. The Kier molecular flexibility index (Phi) is 7.25. The number of ether oxygens (including phenoxy) is 2. The van der Waals surface area contributed by atoms with Gasteiger partial charge in [0.2, 0.25) is 0 Å². The second-order valence-corrected chi connectivity index (χ2v) is 6.41. The maximum atomic E-state index is 12.6. The van der Waals surface area contributed by atoms with Crippen molar-refractivity contribution in [3.8, 4) is 17.6 Å². The van der Waals surface area contributed by atoms with Crippen LogP contribution in [0.4, 0.5) is 5.69 Å². The van der Waals surface area contributed by atoms with Gasteiger partial charge in [0.05, 0.1) is 12.1 Å². The molecule has 0 saturated carbocycles. The van der Waals surface area contributed by atoms with Crippen molar-refractivity contribution in [2.24, 2.45) is 0 Å². The highest BCUT2D eigenvalue weighted by molar-refractivity contribution is 6.32. The van der Waals surface area contributed by atoms with Crippen LogP contribution in [-0.4, -0.2) is 19.6 Å². The smallest absolute Gasteiger partial charge is 0.266 e. The van der Waals surface area contributed by atoms with Crippen molar-refractivity contribution in [3.63, 3.8) is 0 Å². The molecule has 0 bridgehead atoms. The number of anilines is 1. The van der Waals surface area contributed by atoms with Gasteiger partial charge in [0.25, 0.3) is 5.91 Å². The van der Waals surface area contributed by atoms with E-state index in [1.165, 1.54) is 13.2 Å². The first-order valence-corrected chi connectivity index (χ1v) is 8.89. The SMILES string of the molecule is C=CCOc1c(Cl)cc(/C=C(\C#N)C(=O)Nc2cccc(C)c2C)cc1OC. The van der Waals surface area contributed by atoms with Crippen molar-refractivity contribution in [2.45, 2.75) is 13.8 Å². The van der Waals surface area contributed by atoms with E-state index in [9.17, 15) is 10.1 Å². The topological polar surface area (TPSA) is 71.3 Å². The minimum absolute atomic E-state index is 0.0567. The molecule has 0 aliphatic heterocycles. The Bertz CT molecular complexity index is 974. The highest BCUT2D eigenvalue weighted by atomic mass is 35.5. The van der Waals surface area contributed by atoms with E-state index in [2.05, 4.69) is 11.9 Å². The first-order chi connectivity index (χ1) is 13.4. The number of carbonyl (C=O) groups is 1. The Hall–Kier alpha value is -3.23. The van der Waals surface area contributed by atoms with E-state index in [1.807, 2.05) is 32.0 Å². The predicted octanol–water partition coefficient (Wildman–Crippen LogP) is 5.08. The Morgan fingerprint density at radius 1 is 1.36 bits per heavy atom. The number of methoxy groups -OCH3 is 1. The molecule has 0 heterocycles. The molecule has 0 aromatic heterocycles. The number of rotatable bonds is 7. The van der Waals surface area contributed by atoms with Crippen LogP contribution in [0.15, 0.2) is 48.6 Å². The van der Waals surface area contributed by atoms with Gasteiger partial charge in [-0.2, -0.15) is 5.26 Å². The van der Waals surface area contributed by atoms with E-state index in [0.717, 1.165) is 11.1 Å². The molecule has 0 aliphatic carbocycles. The average molecular weight is 397 g/mol. The summed E-state index contributed by atoms with van der Waals surface area (Å²) in [6.45, 7) is 7.73. The maximum Gasteiger partial charge on any atom is 0.266 e. The summed E-state index contributed by atoms with van der Waals surface area (Å²) in [6.07, 6.45) is 3.04. The van der Waals surface area contributed by atoms with Gasteiger partial charge in [-0.3, -0.25) is 4.79 Å². The standard InChI is InChI=1S/C22H21ClN2O3/c1-5-9-28-21-18(23)11-16(12-20(21)27-4)10-17(13-24)22(26)25-19-8-6-7-14(2)15(19)3/h5-8,10-12H,1,9H2,2-4H3,(H,25,26)/b17-10+. The lowest BCUT2D eigenvalue weighted by atomic mass is 10.1. The zero-order chi connectivity index (χ0) is 20.7. The van der Waals surface area contributed by atoms with E-state index >= 15 is 0 Å². The van der Waals surface area contributed by atoms with Crippen molar-refractivity contribution in [2.75, 3.05) is 19.0 Å². The minimum Gasteiger partial charge on any atom is -0.493 e. The fraction of sp³-hybridized carbons (Fsp3) is 0.182. The highest BCUT2D eigenvalue weighted by Crippen LogP contribution is 2.37. The molecule has 0 fully saturated rings. The van der Waals surface area contributed by atoms with Crippen LogP contribution in [0.25, 0.3) is 6.08 Å². The number of aryl methyl sites for hydroxylation is 1. The lowest BCUT2D eigenvalue weighted by Crippen LogP contribution is -2.14. The monoisotopic (exact) mass is 396 g/mol. The quantitative estimate of drug-likeness (QED) is 0.402. The normalized spacial score (nSPS) is 10.8. The number of nitrogens with one attached hydrogen (secondary N) is 1. The number of nitriles is 1. The Labute approximate surface area is 169 Å². The molecule has 0 spiro atoms. The largest absolute Gasteiger partial charge is 0.493 e. The van der Waals surface area contributed by atoms with E-state index in [1.54, 1.807) is 24.3 Å². The average Bonchev–Trinajstić information content (AvgIpc) is 2.68. The van der Waals surface area contributed by atoms with Crippen LogP contribution in [0.3, 0.4) is 0 Å². The number of nitrogens with zero attached hydrogens (tertiary/aromatic N) is 1.